The van der Waals surface area contributed by atoms with Crippen molar-refractivity contribution in [1.82, 2.24) is 0 Å². The van der Waals surface area contributed by atoms with Crippen molar-refractivity contribution >= 4 is 28.9 Å². The molecule has 4 heteroatoms. The van der Waals surface area contributed by atoms with Gasteiger partial charge in [0.1, 0.15) is 0 Å². The average molecular weight is 275 g/mol. The molecule has 0 unspecified atom stereocenters. The highest BCUT2D eigenvalue weighted by Gasteiger charge is 2.01. The number of amides is 1. The number of halogens is 1. The van der Waals surface area contributed by atoms with Gasteiger partial charge >= 0.3 is 0 Å². The molecule has 0 saturated heterocycles. The van der Waals surface area contributed by atoms with Crippen LogP contribution in [0.1, 0.15) is 6.42 Å². The Hall–Kier alpha value is -2.00. The summed E-state index contributed by atoms with van der Waals surface area (Å²) in [7, 11) is 0. The van der Waals surface area contributed by atoms with Gasteiger partial charge in [-0.2, -0.15) is 0 Å². The highest BCUT2D eigenvalue weighted by molar-refractivity contribution is 6.30. The molecule has 0 aliphatic rings. The van der Waals surface area contributed by atoms with Crippen LogP contribution in [0.5, 0.6) is 0 Å². The first-order valence-corrected chi connectivity index (χ1v) is 6.46. The van der Waals surface area contributed by atoms with Gasteiger partial charge in [0, 0.05) is 29.4 Å². The van der Waals surface area contributed by atoms with Crippen molar-refractivity contribution in [3.8, 4) is 0 Å². The molecule has 0 aromatic heterocycles. The third kappa shape index (κ3) is 4.64. The van der Waals surface area contributed by atoms with Crippen LogP contribution in [0.2, 0.25) is 5.02 Å². The normalized spacial score (nSPS) is 9.95. The Bertz CT molecular complexity index is 543. The summed E-state index contributed by atoms with van der Waals surface area (Å²) in [5.41, 5.74) is 1.73. The summed E-state index contributed by atoms with van der Waals surface area (Å²) in [5.74, 6) is -0.0132. The van der Waals surface area contributed by atoms with Crippen molar-refractivity contribution in [3.05, 3.63) is 59.6 Å². The van der Waals surface area contributed by atoms with Gasteiger partial charge in [-0.3, -0.25) is 4.79 Å². The number of hydrogen-bond donors (Lipinski definition) is 2. The number of benzene rings is 2. The van der Waals surface area contributed by atoms with Gasteiger partial charge in [-0.1, -0.05) is 35.9 Å². The molecule has 0 radical (unpaired) electrons. The largest absolute Gasteiger partial charge is 0.384 e. The van der Waals surface area contributed by atoms with E-state index in [1.54, 1.807) is 0 Å². The Morgan fingerprint density at radius 2 is 1.74 bits per heavy atom. The molecule has 2 rings (SSSR count). The standard InChI is InChI=1S/C15H15ClN2O/c16-12-5-4-8-14(11-12)17-10-9-15(19)18-13-6-2-1-3-7-13/h1-8,11,17H,9-10H2,(H,18,19). The minimum Gasteiger partial charge on any atom is -0.384 e. The van der Waals surface area contributed by atoms with E-state index in [-0.39, 0.29) is 5.91 Å². The van der Waals surface area contributed by atoms with E-state index in [0.29, 0.717) is 18.0 Å². The lowest BCUT2D eigenvalue weighted by Gasteiger charge is -2.07. The number of carbonyl (C=O) groups excluding carboxylic acids is 1. The SMILES string of the molecule is O=C(CCNc1cccc(Cl)c1)Nc1ccccc1. The van der Waals surface area contributed by atoms with Crippen LogP contribution < -0.4 is 10.6 Å². The van der Waals surface area contributed by atoms with Crippen molar-refractivity contribution in [2.24, 2.45) is 0 Å². The fraction of sp³-hybridized carbons (Fsp3) is 0.133. The van der Waals surface area contributed by atoms with Crippen molar-refractivity contribution < 1.29 is 4.79 Å². The Morgan fingerprint density at radius 1 is 1.00 bits per heavy atom. The fourth-order valence-corrected chi connectivity index (χ4v) is 1.85. The maximum atomic E-state index is 11.7. The second-order valence-electron chi connectivity index (χ2n) is 4.10. The number of para-hydroxylation sites is 1. The van der Waals surface area contributed by atoms with Crippen molar-refractivity contribution in [1.29, 1.82) is 0 Å². The van der Waals surface area contributed by atoms with Crippen LogP contribution in [-0.2, 0) is 4.79 Å². The topological polar surface area (TPSA) is 41.1 Å². The lowest BCUT2D eigenvalue weighted by Crippen LogP contribution is -2.16. The van der Waals surface area contributed by atoms with E-state index in [1.165, 1.54) is 0 Å². The fourth-order valence-electron chi connectivity index (χ4n) is 1.66. The second-order valence-corrected chi connectivity index (χ2v) is 4.54. The van der Waals surface area contributed by atoms with Gasteiger partial charge in [-0.25, -0.2) is 0 Å². The van der Waals surface area contributed by atoms with Crippen LogP contribution in [0.4, 0.5) is 11.4 Å². The maximum absolute atomic E-state index is 11.7. The molecule has 98 valence electrons. The summed E-state index contributed by atoms with van der Waals surface area (Å²) in [6, 6.07) is 16.8. The summed E-state index contributed by atoms with van der Waals surface area (Å²) in [6.45, 7) is 0.568. The Kier molecular flexibility index (Phi) is 4.81. The molecule has 2 aromatic rings. The Balaban J connectivity index is 1.75. The van der Waals surface area contributed by atoms with Crippen LogP contribution in [-0.4, -0.2) is 12.5 Å². The molecule has 2 aromatic carbocycles. The van der Waals surface area contributed by atoms with Crippen LogP contribution in [0, 0.1) is 0 Å². The Labute approximate surface area is 117 Å². The van der Waals surface area contributed by atoms with Crippen LogP contribution >= 0.6 is 11.6 Å². The quantitative estimate of drug-likeness (QED) is 0.871. The molecule has 0 atom stereocenters. The van der Waals surface area contributed by atoms with Gasteiger partial charge in [0.25, 0.3) is 0 Å². The zero-order valence-corrected chi connectivity index (χ0v) is 11.2. The highest BCUT2D eigenvalue weighted by Crippen LogP contribution is 2.14. The first-order chi connectivity index (χ1) is 9.24. The summed E-state index contributed by atoms with van der Waals surface area (Å²) in [4.78, 5) is 11.7. The molecular formula is C15H15ClN2O. The zero-order valence-electron chi connectivity index (χ0n) is 10.4. The van der Waals surface area contributed by atoms with E-state index in [1.807, 2.05) is 54.6 Å². The lowest BCUT2D eigenvalue weighted by molar-refractivity contribution is -0.115. The average Bonchev–Trinajstić information content (AvgIpc) is 2.40. The minimum absolute atomic E-state index is 0.0132. The van der Waals surface area contributed by atoms with Gasteiger partial charge in [0.2, 0.25) is 5.91 Å². The van der Waals surface area contributed by atoms with Gasteiger partial charge in [-0.15, -0.1) is 0 Å². The number of anilines is 2. The number of carbonyl (C=O) groups is 1. The van der Waals surface area contributed by atoms with E-state index in [2.05, 4.69) is 10.6 Å². The number of nitrogens with one attached hydrogen (secondary N) is 2. The molecule has 1 amide bonds. The molecule has 2 N–H and O–H groups in total. The van der Waals surface area contributed by atoms with Crippen molar-refractivity contribution in [2.45, 2.75) is 6.42 Å². The molecule has 0 heterocycles. The van der Waals surface area contributed by atoms with Gasteiger partial charge < -0.3 is 10.6 Å². The molecule has 0 aliphatic heterocycles. The van der Waals surface area contributed by atoms with E-state index in [4.69, 9.17) is 11.6 Å². The maximum Gasteiger partial charge on any atom is 0.226 e. The molecule has 19 heavy (non-hydrogen) atoms. The molecule has 0 bridgehead atoms. The van der Waals surface area contributed by atoms with Crippen molar-refractivity contribution in [3.63, 3.8) is 0 Å². The molecule has 0 aliphatic carbocycles. The predicted molar refractivity (Wildman–Crippen MR) is 79.6 cm³/mol. The first kappa shape index (κ1) is 13.4. The molecule has 0 spiro atoms. The van der Waals surface area contributed by atoms with Crippen LogP contribution in [0.25, 0.3) is 0 Å². The van der Waals surface area contributed by atoms with Crippen LogP contribution in [0.3, 0.4) is 0 Å². The van der Waals surface area contributed by atoms with Gasteiger partial charge in [0.05, 0.1) is 0 Å². The molecular weight excluding hydrogens is 260 g/mol. The van der Waals surface area contributed by atoms with E-state index >= 15 is 0 Å². The molecule has 3 nitrogen and oxygen atoms in total. The monoisotopic (exact) mass is 274 g/mol. The number of hydrogen-bond acceptors (Lipinski definition) is 2. The summed E-state index contributed by atoms with van der Waals surface area (Å²) < 4.78 is 0. The third-order valence-corrected chi connectivity index (χ3v) is 2.80. The molecule has 0 fully saturated rings. The van der Waals surface area contributed by atoms with E-state index < -0.39 is 0 Å². The van der Waals surface area contributed by atoms with E-state index in [0.717, 1.165) is 11.4 Å². The first-order valence-electron chi connectivity index (χ1n) is 6.08. The van der Waals surface area contributed by atoms with Crippen LogP contribution in [0.15, 0.2) is 54.6 Å². The highest BCUT2D eigenvalue weighted by atomic mass is 35.5. The Morgan fingerprint density at radius 3 is 2.47 bits per heavy atom. The smallest absolute Gasteiger partial charge is 0.226 e. The summed E-state index contributed by atoms with van der Waals surface area (Å²) in [6.07, 6.45) is 0.404. The minimum atomic E-state index is -0.0132. The second kappa shape index (κ2) is 6.81. The van der Waals surface area contributed by atoms with Gasteiger partial charge in [0.15, 0.2) is 0 Å². The third-order valence-electron chi connectivity index (χ3n) is 2.56. The number of rotatable bonds is 5. The zero-order chi connectivity index (χ0) is 13.5. The lowest BCUT2D eigenvalue weighted by atomic mass is 10.3. The summed E-state index contributed by atoms with van der Waals surface area (Å²) in [5, 5.41) is 6.67. The van der Waals surface area contributed by atoms with Crippen molar-refractivity contribution in [2.75, 3.05) is 17.2 Å². The van der Waals surface area contributed by atoms with E-state index in [9.17, 15) is 4.79 Å². The summed E-state index contributed by atoms with van der Waals surface area (Å²) >= 11 is 5.87. The molecule has 0 saturated carbocycles. The van der Waals surface area contributed by atoms with Gasteiger partial charge in [-0.05, 0) is 30.3 Å². The predicted octanol–water partition coefficient (Wildman–Crippen LogP) is 3.78.